The van der Waals surface area contributed by atoms with E-state index >= 15 is 0 Å². The lowest BCUT2D eigenvalue weighted by atomic mass is 10.2. The van der Waals surface area contributed by atoms with Gasteiger partial charge in [-0.1, -0.05) is 30.3 Å². The molecule has 1 aliphatic heterocycles. The smallest absolute Gasteiger partial charge is 0.338 e. The highest BCUT2D eigenvalue weighted by molar-refractivity contribution is 7.90. The summed E-state index contributed by atoms with van der Waals surface area (Å²) in [7, 11) is -2.49. The van der Waals surface area contributed by atoms with E-state index in [4.69, 9.17) is 4.74 Å². The molecule has 0 bridgehead atoms. The van der Waals surface area contributed by atoms with Gasteiger partial charge in [0.25, 0.3) is 10.0 Å². The number of hydrogen-bond donors (Lipinski definition) is 0. The molecule has 0 N–H and O–H groups in total. The number of urea groups is 1. The Morgan fingerprint density at radius 2 is 1.81 bits per heavy atom. The fourth-order valence-electron chi connectivity index (χ4n) is 2.65. The molecule has 0 aliphatic carbocycles. The molecule has 0 fully saturated rings. The van der Waals surface area contributed by atoms with Crippen molar-refractivity contribution in [2.45, 2.75) is 18.4 Å². The molecule has 0 saturated heterocycles. The van der Waals surface area contributed by atoms with Crippen molar-refractivity contribution in [3.8, 4) is 5.75 Å². The number of hydrogen-bond acceptors (Lipinski definition) is 5. The summed E-state index contributed by atoms with van der Waals surface area (Å²) in [6, 6.07) is 12.6. The zero-order chi connectivity index (χ0) is 18.9. The van der Waals surface area contributed by atoms with Crippen LogP contribution in [0.1, 0.15) is 12.5 Å². The van der Waals surface area contributed by atoms with Gasteiger partial charge in [0.2, 0.25) is 0 Å². The monoisotopic (exact) mass is 374 g/mol. The quantitative estimate of drug-likeness (QED) is 0.802. The number of ketones is 1. The molecule has 0 radical (unpaired) electrons. The maximum absolute atomic E-state index is 12.9. The van der Waals surface area contributed by atoms with Crippen molar-refractivity contribution in [3.63, 3.8) is 0 Å². The van der Waals surface area contributed by atoms with Gasteiger partial charge in [0.15, 0.2) is 5.78 Å². The fourth-order valence-corrected chi connectivity index (χ4v) is 4.23. The Morgan fingerprint density at radius 3 is 2.46 bits per heavy atom. The number of benzene rings is 2. The summed E-state index contributed by atoms with van der Waals surface area (Å²) in [5.74, 6) is 0.166. The lowest BCUT2D eigenvalue weighted by Gasteiger charge is -2.34. The van der Waals surface area contributed by atoms with Crippen LogP contribution in [0.3, 0.4) is 0 Å². The molecule has 1 heterocycles. The maximum atomic E-state index is 12.9. The molecule has 2 amide bonds. The van der Waals surface area contributed by atoms with Crippen molar-refractivity contribution in [2.24, 2.45) is 0 Å². The van der Waals surface area contributed by atoms with Crippen LogP contribution in [0.25, 0.3) is 0 Å². The summed E-state index contributed by atoms with van der Waals surface area (Å²) in [4.78, 5) is 25.0. The van der Waals surface area contributed by atoms with Gasteiger partial charge >= 0.3 is 6.03 Å². The Labute approximate surface area is 151 Å². The van der Waals surface area contributed by atoms with E-state index in [0.29, 0.717) is 11.3 Å². The highest BCUT2D eigenvalue weighted by Gasteiger charge is 2.40. The van der Waals surface area contributed by atoms with E-state index in [2.05, 4.69) is 0 Å². The largest absolute Gasteiger partial charge is 0.486 e. The van der Waals surface area contributed by atoms with Gasteiger partial charge < -0.3 is 4.74 Å². The second kappa shape index (κ2) is 6.80. The summed E-state index contributed by atoms with van der Waals surface area (Å²) in [5.41, 5.74) is 0.933. The number of carbonyl (C=O) groups excluding carboxylic acids is 2. The molecule has 136 valence electrons. The second-order valence-corrected chi connectivity index (χ2v) is 7.79. The Hall–Kier alpha value is -2.87. The van der Waals surface area contributed by atoms with E-state index in [0.717, 1.165) is 4.31 Å². The minimum atomic E-state index is -3.99. The van der Waals surface area contributed by atoms with E-state index in [1.54, 1.807) is 24.3 Å². The summed E-state index contributed by atoms with van der Waals surface area (Å²) in [5, 5.41) is 0. The van der Waals surface area contributed by atoms with Crippen LogP contribution in [0.2, 0.25) is 0 Å². The van der Waals surface area contributed by atoms with E-state index < -0.39 is 16.1 Å². The Balaban J connectivity index is 1.98. The van der Waals surface area contributed by atoms with Gasteiger partial charge in [-0.15, -0.1) is 0 Å². The maximum Gasteiger partial charge on any atom is 0.338 e. The Bertz CT molecular complexity index is 957. The number of sulfonamides is 1. The second-order valence-electron chi connectivity index (χ2n) is 5.96. The van der Waals surface area contributed by atoms with E-state index in [1.165, 1.54) is 37.1 Å². The molecule has 26 heavy (non-hydrogen) atoms. The van der Waals surface area contributed by atoms with Crippen LogP contribution in [0.4, 0.5) is 10.5 Å². The van der Waals surface area contributed by atoms with Crippen molar-refractivity contribution in [3.05, 3.63) is 54.1 Å². The van der Waals surface area contributed by atoms with E-state index in [9.17, 15) is 18.0 Å². The number of amides is 2. The first-order chi connectivity index (χ1) is 12.3. The number of rotatable bonds is 5. The zero-order valence-corrected chi connectivity index (χ0v) is 15.2. The normalized spacial score (nSPS) is 15.5. The summed E-state index contributed by atoms with van der Waals surface area (Å²) in [6.45, 7) is 1.22. The number of anilines is 1. The van der Waals surface area contributed by atoms with Crippen LogP contribution >= 0.6 is 0 Å². The highest BCUT2D eigenvalue weighted by atomic mass is 32.2. The average molecular weight is 374 g/mol. The molecule has 0 saturated carbocycles. The third-order valence-corrected chi connectivity index (χ3v) is 5.74. The van der Waals surface area contributed by atoms with Crippen LogP contribution in [0.5, 0.6) is 5.75 Å². The topological polar surface area (TPSA) is 84.0 Å². The number of fused-ring (bicyclic) bond motifs is 1. The van der Waals surface area contributed by atoms with Crippen LogP contribution in [-0.2, 0) is 21.4 Å². The number of Topliss-reactive ketones (excluding diaryl/α,β-unsaturated/α-hetero) is 1. The number of nitrogens with zero attached hydrogens (tertiary/aromatic N) is 2. The molecule has 2 aromatic carbocycles. The van der Waals surface area contributed by atoms with Crippen LogP contribution in [0, 0.1) is 0 Å². The van der Waals surface area contributed by atoms with Crippen molar-refractivity contribution >= 4 is 27.5 Å². The standard InChI is InChI=1S/C18H18N2O5S/c1-13(21)12-25-15-8-9-17-16(10-15)19(2)18(22)20(26(17,23)24)11-14-6-4-3-5-7-14/h3-10H,11-12H2,1-2H3. The van der Waals surface area contributed by atoms with Crippen molar-refractivity contribution in [1.82, 2.24) is 4.31 Å². The summed E-state index contributed by atoms with van der Waals surface area (Å²) < 4.78 is 32.0. The summed E-state index contributed by atoms with van der Waals surface area (Å²) >= 11 is 0. The van der Waals surface area contributed by atoms with Gasteiger partial charge in [-0.3, -0.25) is 9.69 Å². The minimum absolute atomic E-state index is 0.0192. The average Bonchev–Trinajstić information content (AvgIpc) is 2.62. The van der Waals surface area contributed by atoms with Crippen molar-refractivity contribution < 1.29 is 22.7 Å². The lowest BCUT2D eigenvalue weighted by molar-refractivity contribution is -0.118. The first-order valence-corrected chi connectivity index (χ1v) is 9.35. The van der Waals surface area contributed by atoms with Gasteiger partial charge in [-0.25, -0.2) is 17.5 Å². The molecule has 8 heteroatoms. The molecule has 7 nitrogen and oxygen atoms in total. The Morgan fingerprint density at radius 1 is 1.12 bits per heavy atom. The van der Waals surface area contributed by atoms with Gasteiger partial charge in [0.05, 0.1) is 12.2 Å². The molecule has 0 atom stereocenters. The highest BCUT2D eigenvalue weighted by Crippen LogP contribution is 2.36. The predicted octanol–water partition coefficient (Wildman–Crippen LogP) is 2.42. The Kier molecular flexibility index (Phi) is 4.69. The third kappa shape index (κ3) is 3.28. The molecular weight excluding hydrogens is 356 g/mol. The predicted molar refractivity (Wildman–Crippen MR) is 95.6 cm³/mol. The SMILES string of the molecule is CC(=O)COc1ccc2c(c1)N(C)C(=O)N(Cc1ccccc1)S2(=O)=O. The number of carbonyl (C=O) groups is 2. The molecule has 0 aromatic heterocycles. The molecule has 2 aromatic rings. The van der Waals surface area contributed by atoms with Gasteiger partial charge in [0, 0.05) is 13.1 Å². The molecule has 0 spiro atoms. The zero-order valence-electron chi connectivity index (χ0n) is 14.4. The van der Waals surface area contributed by atoms with Gasteiger partial charge in [-0.2, -0.15) is 0 Å². The van der Waals surface area contributed by atoms with Gasteiger partial charge in [0.1, 0.15) is 17.3 Å². The van der Waals surface area contributed by atoms with E-state index in [1.807, 2.05) is 6.07 Å². The van der Waals surface area contributed by atoms with Crippen molar-refractivity contribution in [1.29, 1.82) is 0 Å². The molecule has 1 aliphatic rings. The van der Waals surface area contributed by atoms with Crippen LogP contribution in [0.15, 0.2) is 53.4 Å². The van der Waals surface area contributed by atoms with E-state index in [-0.39, 0.29) is 29.5 Å². The molecule has 0 unspecified atom stereocenters. The lowest BCUT2D eigenvalue weighted by Crippen LogP contribution is -2.48. The van der Waals surface area contributed by atoms with Crippen LogP contribution < -0.4 is 9.64 Å². The first-order valence-electron chi connectivity index (χ1n) is 7.91. The third-order valence-electron chi connectivity index (χ3n) is 3.97. The minimum Gasteiger partial charge on any atom is -0.486 e. The summed E-state index contributed by atoms with van der Waals surface area (Å²) in [6.07, 6.45) is 0. The molecular formula is C18H18N2O5S. The van der Waals surface area contributed by atoms with Crippen molar-refractivity contribution in [2.75, 3.05) is 18.6 Å². The fraction of sp³-hybridized carbons (Fsp3) is 0.222. The first kappa shape index (κ1) is 17.9. The van der Waals surface area contributed by atoms with Crippen LogP contribution in [-0.4, -0.2) is 38.2 Å². The molecule has 3 rings (SSSR count). The van der Waals surface area contributed by atoms with Gasteiger partial charge in [-0.05, 0) is 24.6 Å². The number of ether oxygens (including phenoxy) is 1.